The topological polar surface area (TPSA) is 76.7 Å². The smallest absolute Gasteiger partial charge is 0.255 e. The molecule has 1 atom stereocenters. The predicted octanol–water partition coefficient (Wildman–Crippen LogP) is 3.41. The molecule has 146 valence electrons. The van der Waals surface area contributed by atoms with Gasteiger partial charge in [-0.05, 0) is 49.2 Å². The Balaban J connectivity index is 1.64. The quantitative estimate of drug-likeness (QED) is 0.688. The highest BCUT2D eigenvalue weighted by Gasteiger charge is 2.18. The first-order valence-electron chi connectivity index (χ1n) is 9.31. The van der Waals surface area contributed by atoms with Crippen molar-refractivity contribution in [3.8, 4) is 5.75 Å². The average molecular weight is 380 g/mol. The molecule has 6 nitrogen and oxygen atoms in total. The van der Waals surface area contributed by atoms with E-state index in [1.54, 1.807) is 54.6 Å². The largest absolute Gasteiger partial charge is 0.490 e. The Kier molecular flexibility index (Phi) is 6.81. The maximum Gasteiger partial charge on any atom is 0.255 e. The number of carbonyl (C=O) groups is 2. The van der Waals surface area contributed by atoms with Crippen LogP contribution in [0.4, 0.5) is 5.69 Å². The number of hydrogen-bond acceptors (Lipinski definition) is 4. The average Bonchev–Trinajstić information content (AvgIpc) is 3.25. The molecular weight excluding hydrogens is 356 g/mol. The molecule has 0 aliphatic carbocycles. The number of amides is 2. The molecule has 3 rings (SSSR count). The Morgan fingerprint density at radius 3 is 2.64 bits per heavy atom. The van der Waals surface area contributed by atoms with E-state index in [0.717, 1.165) is 19.4 Å². The van der Waals surface area contributed by atoms with Gasteiger partial charge in [0, 0.05) is 18.7 Å². The van der Waals surface area contributed by atoms with Crippen LogP contribution in [0.25, 0.3) is 0 Å². The SMILES string of the molecule is C=CCOc1ccc(C(=O)Nc2ccccc2C(=O)NC[C@H]2CCCO2)cc1. The summed E-state index contributed by atoms with van der Waals surface area (Å²) in [4.78, 5) is 25.1. The minimum atomic E-state index is -0.297. The first kappa shape index (κ1) is 19.6. The maximum absolute atomic E-state index is 12.6. The van der Waals surface area contributed by atoms with E-state index in [9.17, 15) is 9.59 Å². The van der Waals surface area contributed by atoms with Gasteiger partial charge < -0.3 is 20.1 Å². The molecule has 0 saturated carbocycles. The molecule has 1 aliphatic rings. The van der Waals surface area contributed by atoms with Gasteiger partial charge in [0.25, 0.3) is 11.8 Å². The van der Waals surface area contributed by atoms with E-state index in [1.807, 2.05) is 0 Å². The molecule has 1 aliphatic heterocycles. The van der Waals surface area contributed by atoms with Crippen molar-refractivity contribution in [3.63, 3.8) is 0 Å². The zero-order valence-electron chi connectivity index (χ0n) is 15.6. The van der Waals surface area contributed by atoms with Crippen molar-refractivity contribution >= 4 is 17.5 Å². The number of nitrogens with one attached hydrogen (secondary N) is 2. The summed E-state index contributed by atoms with van der Waals surface area (Å²) in [5.74, 6) is 0.125. The van der Waals surface area contributed by atoms with Gasteiger partial charge in [-0.3, -0.25) is 9.59 Å². The first-order chi connectivity index (χ1) is 13.7. The highest BCUT2D eigenvalue weighted by Crippen LogP contribution is 2.18. The third kappa shape index (κ3) is 5.20. The molecular formula is C22H24N2O4. The van der Waals surface area contributed by atoms with E-state index in [4.69, 9.17) is 9.47 Å². The fourth-order valence-electron chi connectivity index (χ4n) is 2.95. The van der Waals surface area contributed by atoms with Gasteiger partial charge in [0.1, 0.15) is 12.4 Å². The summed E-state index contributed by atoms with van der Waals surface area (Å²) >= 11 is 0. The molecule has 0 spiro atoms. The molecule has 1 heterocycles. The molecule has 0 aromatic heterocycles. The maximum atomic E-state index is 12.6. The van der Waals surface area contributed by atoms with Gasteiger partial charge in [-0.2, -0.15) is 0 Å². The second-order valence-electron chi connectivity index (χ2n) is 6.47. The highest BCUT2D eigenvalue weighted by atomic mass is 16.5. The Morgan fingerprint density at radius 1 is 1.14 bits per heavy atom. The molecule has 2 N–H and O–H groups in total. The lowest BCUT2D eigenvalue weighted by molar-refractivity contribution is 0.0858. The van der Waals surface area contributed by atoms with Gasteiger partial charge in [0.05, 0.1) is 17.4 Å². The summed E-state index contributed by atoms with van der Waals surface area (Å²) in [5, 5.41) is 5.69. The molecule has 2 amide bonds. The van der Waals surface area contributed by atoms with Crippen LogP contribution in [-0.2, 0) is 4.74 Å². The van der Waals surface area contributed by atoms with Crippen LogP contribution in [0, 0.1) is 0 Å². The molecule has 6 heteroatoms. The normalized spacial score (nSPS) is 15.6. The Morgan fingerprint density at radius 2 is 1.93 bits per heavy atom. The standard InChI is InChI=1S/C22H24N2O4/c1-2-13-27-17-11-9-16(10-12-17)21(25)24-20-8-4-3-7-19(20)22(26)23-15-18-6-5-14-28-18/h2-4,7-12,18H,1,5-6,13-15H2,(H,23,26)(H,24,25)/t18-/m1/s1. The van der Waals surface area contributed by atoms with Crippen molar-refractivity contribution in [2.24, 2.45) is 0 Å². The van der Waals surface area contributed by atoms with Gasteiger partial charge in [-0.25, -0.2) is 0 Å². The molecule has 1 fully saturated rings. The zero-order valence-corrected chi connectivity index (χ0v) is 15.6. The van der Waals surface area contributed by atoms with E-state index in [-0.39, 0.29) is 17.9 Å². The van der Waals surface area contributed by atoms with Gasteiger partial charge in [0.15, 0.2) is 0 Å². The van der Waals surface area contributed by atoms with Crippen LogP contribution in [0.2, 0.25) is 0 Å². The summed E-state index contributed by atoms with van der Waals surface area (Å²) in [6.07, 6.45) is 3.68. The van der Waals surface area contributed by atoms with Crippen molar-refractivity contribution in [2.75, 3.05) is 25.1 Å². The fourth-order valence-corrected chi connectivity index (χ4v) is 2.95. The van der Waals surface area contributed by atoms with Gasteiger partial charge in [0.2, 0.25) is 0 Å². The number of rotatable bonds is 8. The Labute approximate surface area is 164 Å². The number of anilines is 1. The van der Waals surface area contributed by atoms with Crippen LogP contribution < -0.4 is 15.4 Å². The fraction of sp³-hybridized carbons (Fsp3) is 0.273. The third-order valence-corrected chi connectivity index (χ3v) is 4.42. The van der Waals surface area contributed by atoms with Crippen molar-refractivity contribution in [3.05, 3.63) is 72.3 Å². The van der Waals surface area contributed by atoms with Crippen molar-refractivity contribution in [1.82, 2.24) is 5.32 Å². The predicted molar refractivity (Wildman–Crippen MR) is 108 cm³/mol. The minimum Gasteiger partial charge on any atom is -0.490 e. The molecule has 0 bridgehead atoms. The van der Waals surface area contributed by atoms with Gasteiger partial charge in [-0.15, -0.1) is 0 Å². The van der Waals surface area contributed by atoms with Crippen LogP contribution in [0.3, 0.4) is 0 Å². The molecule has 0 unspecified atom stereocenters. The molecule has 1 saturated heterocycles. The molecule has 28 heavy (non-hydrogen) atoms. The summed E-state index contributed by atoms with van der Waals surface area (Å²) in [5.41, 5.74) is 1.35. The number of para-hydroxylation sites is 1. The summed E-state index contributed by atoms with van der Waals surface area (Å²) in [6.45, 7) is 5.21. The first-order valence-corrected chi connectivity index (χ1v) is 9.31. The van der Waals surface area contributed by atoms with Gasteiger partial charge in [-0.1, -0.05) is 24.8 Å². The lowest BCUT2D eigenvalue weighted by Gasteiger charge is -2.14. The highest BCUT2D eigenvalue weighted by molar-refractivity contribution is 6.09. The van der Waals surface area contributed by atoms with Crippen LogP contribution in [0.5, 0.6) is 5.75 Å². The lowest BCUT2D eigenvalue weighted by Crippen LogP contribution is -2.32. The summed E-state index contributed by atoms with van der Waals surface area (Å²) in [6, 6.07) is 13.7. The third-order valence-electron chi connectivity index (χ3n) is 4.42. The number of benzene rings is 2. The van der Waals surface area contributed by atoms with E-state index in [0.29, 0.717) is 35.7 Å². The Hall–Kier alpha value is -3.12. The summed E-state index contributed by atoms with van der Waals surface area (Å²) in [7, 11) is 0. The van der Waals surface area contributed by atoms with E-state index >= 15 is 0 Å². The minimum absolute atomic E-state index is 0.0625. The lowest BCUT2D eigenvalue weighted by atomic mass is 10.1. The van der Waals surface area contributed by atoms with E-state index < -0.39 is 0 Å². The van der Waals surface area contributed by atoms with Crippen molar-refractivity contribution in [1.29, 1.82) is 0 Å². The molecule has 0 radical (unpaired) electrons. The van der Waals surface area contributed by atoms with Crippen molar-refractivity contribution < 1.29 is 19.1 Å². The number of hydrogen-bond donors (Lipinski definition) is 2. The molecule has 2 aromatic carbocycles. The van der Waals surface area contributed by atoms with Crippen LogP contribution in [0.15, 0.2) is 61.2 Å². The number of ether oxygens (including phenoxy) is 2. The monoisotopic (exact) mass is 380 g/mol. The molecule has 2 aromatic rings. The van der Waals surface area contributed by atoms with E-state index in [2.05, 4.69) is 17.2 Å². The van der Waals surface area contributed by atoms with Crippen molar-refractivity contribution in [2.45, 2.75) is 18.9 Å². The van der Waals surface area contributed by atoms with Crippen LogP contribution in [-0.4, -0.2) is 37.7 Å². The van der Waals surface area contributed by atoms with Crippen LogP contribution in [0.1, 0.15) is 33.6 Å². The second kappa shape index (κ2) is 9.71. The van der Waals surface area contributed by atoms with Crippen LogP contribution >= 0.6 is 0 Å². The summed E-state index contributed by atoms with van der Waals surface area (Å²) < 4.78 is 10.9. The Bertz CT molecular complexity index is 827. The van der Waals surface area contributed by atoms with E-state index in [1.165, 1.54) is 0 Å². The second-order valence-corrected chi connectivity index (χ2v) is 6.47. The zero-order chi connectivity index (χ0) is 19.8. The van der Waals surface area contributed by atoms with Gasteiger partial charge >= 0.3 is 0 Å². The number of carbonyl (C=O) groups excluding carboxylic acids is 2.